The second-order valence-corrected chi connectivity index (χ2v) is 12.3. The second-order valence-electron chi connectivity index (χ2n) is 10.1. The molecular formula is C31H27N3O5S2. The number of imide groups is 1. The van der Waals surface area contributed by atoms with Crippen LogP contribution in [0.4, 0.5) is 11.4 Å². The number of thioether (sulfide) groups is 1. The summed E-state index contributed by atoms with van der Waals surface area (Å²) in [4.78, 5) is 55.9. The monoisotopic (exact) mass is 585 g/mol. The molecule has 1 fully saturated rings. The van der Waals surface area contributed by atoms with Crippen molar-refractivity contribution in [2.24, 2.45) is 5.92 Å². The average molecular weight is 586 g/mol. The smallest absolute Gasteiger partial charge is 0.308 e. The zero-order chi connectivity index (χ0) is 28.8. The number of fused-ring (bicyclic) bond motifs is 2. The normalized spacial score (nSPS) is 19.6. The molecule has 3 heterocycles. The number of aryl methyl sites for hydroxylation is 2. The number of ether oxygens (including phenoxy) is 1. The highest BCUT2D eigenvalue weighted by Gasteiger charge is 2.56. The Labute approximate surface area is 245 Å². The van der Waals surface area contributed by atoms with Crippen LogP contribution in [0.3, 0.4) is 0 Å². The Kier molecular flexibility index (Phi) is 7.04. The van der Waals surface area contributed by atoms with Crippen LogP contribution >= 0.6 is 23.1 Å². The number of rotatable bonds is 6. The van der Waals surface area contributed by atoms with Gasteiger partial charge >= 0.3 is 4.87 Å². The molecule has 8 nitrogen and oxygen atoms in total. The number of nitrogens with one attached hydrogen (secondary N) is 1. The Bertz CT molecular complexity index is 1730. The maximum Gasteiger partial charge on any atom is 0.308 e. The van der Waals surface area contributed by atoms with Crippen molar-refractivity contribution >= 4 is 52.2 Å². The third-order valence-electron chi connectivity index (χ3n) is 7.54. The minimum atomic E-state index is -0.747. The highest BCUT2D eigenvalue weighted by molar-refractivity contribution is 8.00. The molecule has 10 heteroatoms. The first kappa shape index (κ1) is 27.0. The fourth-order valence-corrected chi connectivity index (χ4v) is 8.19. The molecule has 2 aliphatic rings. The van der Waals surface area contributed by atoms with Crippen LogP contribution in [0.15, 0.2) is 82.6 Å². The Morgan fingerprint density at radius 2 is 1.63 bits per heavy atom. The van der Waals surface area contributed by atoms with Crippen LogP contribution in [-0.4, -0.2) is 34.6 Å². The van der Waals surface area contributed by atoms with Gasteiger partial charge in [0.2, 0.25) is 17.7 Å². The Morgan fingerprint density at radius 3 is 2.32 bits per heavy atom. The summed E-state index contributed by atoms with van der Waals surface area (Å²) >= 11 is 2.23. The van der Waals surface area contributed by atoms with Gasteiger partial charge in [-0.3, -0.25) is 23.7 Å². The molecule has 0 radical (unpaired) electrons. The largest absolute Gasteiger partial charge is 0.497 e. The molecule has 1 aromatic heterocycles. The van der Waals surface area contributed by atoms with Crippen molar-refractivity contribution in [1.29, 1.82) is 0 Å². The standard InChI is InChI=1S/C31H27N3O5S2/c1-17-8-12-20(13-9-17)34-28(36)25-24(19-10-14-21(39-3)15-11-19)27-30(40-26(25)29(34)37)33(31(38)41-27)16-23(35)32-22-7-5-4-6-18(22)2/h4-15,24-26H,16H2,1-3H3,(H,32,35). The third-order valence-corrected chi connectivity index (χ3v) is 10.1. The predicted molar refractivity (Wildman–Crippen MR) is 160 cm³/mol. The average Bonchev–Trinajstić information content (AvgIpc) is 3.41. The van der Waals surface area contributed by atoms with E-state index in [1.54, 1.807) is 37.4 Å². The van der Waals surface area contributed by atoms with Crippen molar-refractivity contribution in [1.82, 2.24) is 4.57 Å². The molecule has 1 saturated heterocycles. The molecule has 0 saturated carbocycles. The minimum Gasteiger partial charge on any atom is -0.497 e. The van der Waals surface area contributed by atoms with Gasteiger partial charge in [-0.25, -0.2) is 4.90 Å². The fraction of sp³-hybridized carbons (Fsp3) is 0.226. The molecule has 0 bridgehead atoms. The molecule has 0 aliphatic carbocycles. The van der Waals surface area contributed by atoms with E-state index in [2.05, 4.69) is 5.32 Å². The van der Waals surface area contributed by atoms with E-state index in [1.165, 1.54) is 21.2 Å². The number of benzene rings is 3. The maximum atomic E-state index is 14.0. The molecular weight excluding hydrogens is 558 g/mol. The molecule has 6 rings (SSSR count). The summed E-state index contributed by atoms with van der Waals surface area (Å²) in [5.41, 5.74) is 3.91. The van der Waals surface area contributed by atoms with Gasteiger partial charge in [0.05, 0.1) is 23.7 Å². The third kappa shape index (κ3) is 4.76. The van der Waals surface area contributed by atoms with Gasteiger partial charge in [0.25, 0.3) is 0 Å². The number of para-hydroxylation sites is 1. The summed E-state index contributed by atoms with van der Waals surface area (Å²) in [5, 5.41) is 2.69. The van der Waals surface area contributed by atoms with Crippen molar-refractivity contribution < 1.29 is 19.1 Å². The lowest BCUT2D eigenvalue weighted by atomic mass is 9.83. The quantitative estimate of drug-likeness (QED) is 0.321. The van der Waals surface area contributed by atoms with Gasteiger partial charge in [-0.2, -0.15) is 0 Å². The minimum absolute atomic E-state index is 0.206. The van der Waals surface area contributed by atoms with Crippen molar-refractivity contribution in [3.05, 3.63) is 104 Å². The number of carbonyl (C=O) groups is 3. The molecule has 2 aliphatic heterocycles. The molecule has 3 atom stereocenters. The number of amides is 3. The topological polar surface area (TPSA) is 97.7 Å². The number of carbonyl (C=O) groups excluding carboxylic acids is 3. The van der Waals surface area contributed by atoms with Crippen LogP contribution < -0.4 is 19.8 Å². The molecule has 0 spiro atoms. The van der Waals surface area contributed by atoms with Gasteiger partial charge in [-0.05, 0) is 55.3 Å². The van der Waals surface area contributed by atoms with Crippen LogP contribution in [0.25, 0.3) is 0 Å². The molecule has 3 unspecified atom stereocenters. The van der Waals surface area contributed by atoms with Gasteiger partial charge in [-0.15, -0.1) is 0 Å². The zero-order valence-corrected chi connectivity index (χ0v) is 24.3. The van der Waals surface area contributed by atoms with E-state index in [1.807, 2.05) is 56.3 Å². The van der Waals surface area contributed by atoms with Crippen molar-refractivity contribution in [2.75, 3.05) is 17.3 Å². The number of hydrogen-bond acceptors (Lipinski definition) is 7. The Morgan fingerprint density at radius 1 is 0.927 bits per heavy atom. The van der Waals surface area contributed by atoms with Crippen molar-refractivity contribution in [3.8, 4) is 5.75 Å². The Hall–Kier alpha value is -4.15. The zero-order valence-electron chi connectivity index (χ0n) is 22.6. The molecule has 4 aromatic rings. The van der Waals surface area contributed by atoms with E-state index in [0.29, 0.717) is 27.0 Å². The van der Waals surface area contributed by atoms with Crippen LogP contribution in [0, 0.1) is 19.8 Å². The van der Waals surface area contributed by atoms with Crippen LogP contribution in [0.1, 0.15) is 27.5 Å². The van der Waals surface area contributed by atoms with E-state index < -0.39 is 17.1 Å². The lowest BCUT2D eigenvalue weighted by molar-refractivity contribution is -0.122. The summed E-state index contributed by atoms with van der Waals surface area (Å²) in [6, 6.07) is 22.1. The van der Waals surface area contributed by atoms with E-state index in [9.17, 15) is 19.2 Å². The van der Waals surface area contributed by atoms with Gasteiger partial charge in [-0.1, -0.05) is 71.1 Å². The number of anilines is 2. The van der Waals surface area contributed by atoms with E-state index in [-0.39, 0.29) is 29.1 Å². The summed E-state index contributed by atoms with van der Waals surface area (Å²) < 4.78 is 6.76. The van der Waals surface area contributed by atoms with Crippen LogP contribution in [-0.2, 0) is 20.9 Å². The lowest BCUT2D eigenvalue weighted by Crippen LogP contribution is -2.33. The van der Waals surface area contributed by atoms with Gasteiger partial charge in [0.1, 0.15) is 17.5 Å². The van der Waals surface area contributed by atoms with E-state index >= 15 is 0 Å². The predicted octanol–water partition coefficient (Wildman–Crippen LogP) is 4.97. The summed E-state index contributed by atoms with van der Waals surface area (Å²) in [5.74, 6) is -1.56. The highest BCUT2D eigenvalue weighted by atomic mass is 32.2. The van der Waals surface area contributed by atoms with Crippen LogP contribution in [0.2, 0.25) is 0 Å². The fourth-order valence-electron chi connectivity index (χ4n) is 5.42. The molecule has 41 heavy (non-hydrogen) atoms. The SMILES string of the molecule is COc1ccc(C2c3sc(=O)n(CC(=O)Nc4ccccc4C)c3SC3C(=O)N(c4ccc(C)cc4)C(=O)C32)cc1. The summed E-state index contributed by atoms with van der Waals surface area (Å²) in [7, 11) is 1.58. The Balaban J connectivity index is 1.41. The van der Waals surface area contributed by atoms with Crippen LogP contribution in [0.5, 0.6) is 5.75 Å². The van der Waals surface area contributed by atoms with Gasteiger partial charge in [0, 0.05) is 16.5 Å². The highest BCUT2D eigenvalue weighted by Crippen LogP contribution is 2.54. The number of hydrogen-bond donors (Lipinski definition) is 1. The number of methoxy groups -OCH3 is 1. The number of thiazole rings is 1. The molecule has 3 aromatic carbocycles. The second kappa shape index (κ2) is 10.7. The lowest BCUT2D eigenvalue weighted by Gasteiger charge is -2.30. The summed E-state index contributed by atoms with van der Waals surface area (Å²) in [6.45, 7) is 3.63. The number of nitrogens with zero attached hydrogens (tertiary/aromatic N) is 2. The molecule has 1 N–H and O–H groups in total. The maximum absolute atomic E-state index is 14.0. The molecule has 3 amide bonds. The van der Waals surface area contributed by atoms with Crippen molar-refractivity contribution in [3.63, 3.8) is 0 Å². The van der Waals surface area contributed by atoms with E-state index in [4.69, 9.17) is 4.74 Å². The van der Waals surface area contributed by atoms with Gasteiger partial charge < -0.3 is 10.1 Å². The first-order valence-electron chi connectivity index (χ1n) is 13.1. The molecule has 208 valence electrons. The van der Waals surface area contributed by atoms with E-state index in [0.717, 1.165) is 28.0 Å². The van der Waals surface area contributed by atoms with Crippen molar-refractivity contribution in [2.45, 2.75) is 36.6 Å². The summed E-state index contributed by atoms with van der Waals surface area (Å²) in [6.07, 6.45) is 0. The van der Waals surface area contributed by atoms with Gasteiger partial charge in [0.15, 0.2) is 0 Å². The first-order valence-corrected chi connectivity index (χ1v) is 14.8. The number of aromatic nitrogens is 1. The first-order chi connectivity index (χ1) is 19.8.